The largest absolute Gasteiger partial charge is 0.493 e. The van der Waals surface area contributed by atoms with Gasteiger partial charge in [-0.25, -0.2) is 0 Å². The number of aryl methyl sites for hydroxylation is 1. The Hall–Kier alpha value is -3.61. The molecule has 0 spiro atoms. The highest BCUT2D eigenvalue weighted by Crippen LogP contribution is 2.29. The zero-order valence-electron chi connectivity index (χ0n) is 41.0. The SMILES string of the molecule is COc1ccc(CCN2CCN(CCOc3ccc(Cl)cc3)CC2)cc1OC.COc1ccc(CCN2CCNCC2)cc1OC.Cc1ccc(S(=O)(=O)OCCOc2ccc(Cl)cc2)cc1.Cl.Cl.Cl.Cl. The molecular formula is C51H70Cl6N4O9S. The van der Waals surface area contributed by atoms with Crippen molar-refractivity contribution in [3.05, 3.63) is 136 Å². The smallest absolute Gasteiger partial charge is 0.297 e. The first-order valence-electron chi connectivity index (χ1n) is 22.5. The predicted molar refractivity (Wildman–Crippen MR) is 296 cm³/mol. The third-order valence-corrected chi connectivity index (χ3v) is 13.0. The molecule has 0 unspecified atom stereocenters. The van der Waals surface area contributed by atoms with Crippen LogP contribution in [0.25, 0.3) is 0 Å². The molecule has 0 bridgehead atoms. The van der Waals surface area contributed by atoms with Gasteiger partial charge in [0.1, 0.15) is 31.3 Å². The van der Waals surface area contributed by atoms with Crippen molar-refractivity contribution in [1.29, 1.82) is 0 Å². The maximum absolute atomic E-state index is 11.9. The number of nitrogens with one attached hydrogen (secondary N) is 1. The minimum atomic E-state index is -3.74. The lowest BCUT2D eigenvalue weighted by Crippen LogP contribution is -2.47. The van der Waals surface area contributed by atoms with Crippen LogP contribution in [-0.2, 0) is 27.1 Å². The molecular weight excluding hydrogens is 1060 g/mol. The van der Waals surface area contributed by atoms with Gasteiger partial charge in [-0.15, -0.1) is 49.6 Å². The minimum Gasteiger partial charge on any atom is -0.493 e. The maximum Gasteiger partial charge on any atom is 0.297 e. The molecule has 20 heteroatoms. The van der Waals surface area contributed by atoms with Gasteiger partial charge in [-0.3, -0.25) is 9.08 Å². The molecule has 71 heavy (non-hydrogen) atoms. The van der Waals surface area contributed by atoms with Crippen LogP contribution in [0.2, 0.25) is 10.0 Å². The number of nitrogens with zero attached hydrogens (tertiary/aromatic N) is 3. The number of hydrogen-bond donors (Lipinski definition) is 1. The van der Waals surface area contributed by atoms with Gasteiger partial charge in [-0.1, -0.05) is 53.0 Å². The summed E-state index contributed by atoms with van der Waals surface area (Å²) in [7, 11) is 2.95. The predicted octanol–water partition coefficient (Wildman–Crippen LogP) is 9.87. The van der Waals surface area contributed by atoms with E-state index in [1.807, 2.05) is 43.3 Å². The lowest BCUT2D eigenvalue weighted by Gasteiger charge is -2.34. The highest BCUT2D eigenvalue weighted by molar-refractivity contribution is 7.86. The van der Waals surface area contributed by atoms with Crippen LogP contribution < -0.4 is 33.7 Å². The molecule has 396 valence electrons. The summed E-state index contributed by atoms with van der Waals surface area (Å²) < 4.78 is 61.2. The van der Waals surface area contributed by atoms with Crippen molar-refractivity contribution in [2.24, 2.45) is 0 Å². The molecule has 0 saturated carbocycles. The van der Waals surface area contributed by atoms with Crippen LogP contribution in [-0.4, -0.2) is 143 Å². The van der Waals surface area contributed by atoms with Gasteiger partial charge in [0, 0.05) is 82.0 Å². The van der Waals surface area contributed by atoms with Crippen molar-refractivity contribution in [2.75, 3.05) is 120 Å². The zero-order chi connectivity index (χ0) is 47.9. The fraction of sp³-hybridized carbons (Fsp3) is 0.412. The summed E-state index contributed by atoms with van der Waals surface area (Å²) in [6, 6.07) is 33.1. The topological polar surface area (TPSA) is 120 Å². The van der Waals surface area contributed by atoms with E-state index in [9.17, 15) is 8.42 Å². The highest BCUT2D eigenvalue weighted by Gasteiger charge is 2.18. The van der Waals surface area contributed by atoms with Gasteiger partial charge in [0.15, 0.2) is 23.0 Å². The Kier molecular flexibility index (Phi) is 32.7. The van der Waals surface area contributed by atoms with E-state index in [0.29, 0.717) is 17.4 Å². The number of halogens is 6. The Balaban J connectivity index is 0.000000531. The van der Waals surface area contributed by atoms with E-state index in [1.165, 1.54) is 23.3 Å². The van der Waals surface area contributed by atoms with Crippen LogP contribution in [0, 0.1) is 6.92 Å². The van der Waals surface area contributed by atoms with Gasteiger partial charge < -0.3 is 43.5 Å². The second-order valence-electron chi connectivity index (χ2n) is 15.8. The minimum absolute atomic E-state index is 0. The molecule has 0 radical (unpaired) electrons. The lowest BCUT2D eigenvalue weighted by molar-refractivity contribution is 0.118. The van der Waals surface area contributed by atoms with Crippen LogP contribution in [0.5, 0.6) is 34.5 Å². The normalized spacial score (nSPS) is 13.6. The van der Waals surface area contributed by atoms with Gasteiger partial charge in [0.25, 0.3) is 10.1 Å². The molecule has 2 aliphatic rings. The van der Waals surface area contributed by atoms with Crippen molar-refractivity contribution in [2.45, 2.75) is 24.7 Å². The van der Waals surface area contributed by atoms with Crippen molar-refractivity contribution in [3.8, 4) is 34.5 Å². The number of rotatable bonds is 20. The van der Waals surface area contributed by atoms with Crippen molar-refractivity contribution >= 4 is 82.9 Å². The first-order valence-corrected chi connectivity index (χ1v) is 24.7. The van der Waals surface area contributed by atoms with E-state index in [2.05, 4.69) is 44.3 Å². The Labute approximate surface area is 456 Å². The van der Waals surface area contributed by atoms with E-state index in [-0.39, 0.29) is 67.7 Å². The third kappa shape index (κ3) is 23.4. The third-order valence-electron chi connectivity index (χ3n) is 11.2. The average molecular weight is 1130 g/mol. The van der Waals surface area contributed by atoms with E-state index >= 15 is 0 Å². The molecule has 2 saturated heterocycles. The molecule has 5 aromatic rings. The first-order chi connectivity index (χ1) is 32.5. The number of benzene rings is 5. The molecule has 0 aromatic heterocycles. The first kappa shape index (κ1) is 65.4. The van der Waals surface area contributed by atoms with Crippen molar-refractivity contribution < 1.29 is 41.0 Å². The summed E-state index contributed by atoms with van der Waals surface area (Å²) >= 11 is 11.6. The van der Waals surface area contributed by atoms with Crippen LogP contribution in [0.4, 0.5) is 0 Å². The number of ether oxygens (including phenoxy) is 6. The van der Waals surface area contributed by atoms with Gasteiger partial charge in [-0.05, 0) is 116 Å². The van der Waals surface area contributed by atoms with Crippen LogP contribution in [0.15, 0.2) is 114 Å². The molecule has 0 amide bonds. The van der Waals surface area contributed by atoms with E-state index in [4.69, 9.17) is 55.8 Å². The highest BCUT2D eigenvalue weighted by atomic mass is 35.5. The number of hydrogen-bond acceptors (Lipinski definition) is 13. The Morgan fingerprint density at radius 3 is 1.34 bits per heavy atom. The lowest BCUT2D eigenvalue weighted by atomic mass is 10.1. The van der Waals surface area contributed by atoms with Gasteiger partial charge in [-0.2, -0.15) is 8.42 Å². The molecule has 13 nitrogen and oxygen atoms in total. The Morgan fingerprint density at radius 2 is 0.901 bits per heavy atom. The standard InChI is InChI=1S/C22H29ClN2O3.C15H15ClO4S.C14H22N2O2.4ClH/c1-26-21-8-3-18(17-22(21)27-2)9-10-24-11-13-25(14-12-24)15-16-28-20-6-4-19(23)5-7-20;1-12-2-8-15(9-3-12)21(17,18)20-11-10-19-14-6-4-13(16)5-7-14;1-17-13-4-3-12(11-14(13)18-2)5-8-16-9-6-15-7-10-16;;;;/h3-8,17H,9-16H2,1-2H3;2-9H,10-11H2,1H3;3-4,11,15H,5-10H2,1-2H3;4*1H. The summed E-state index contributed by atoms with van der Waals surface area (Å²) in [5.41, 5.74) is 3.56. The monoisotopic (exact) mass is 1120 g/mol. The number of methoxy groups -OCH3 is 4. The molecule has 1 N–H and O–H groups in total. The fourth-order valence-corrected chi connectivity index (χ4v) is 8.39. The number of piperazine rings is 2. The van der Waals surface area contributed by atoms with Crippen LogP contribution in [0.1, 0.15) is 16.7 Å². The van der Waals surface area contributed by atoms with E-state index in [1.54, 1.807) is 64.8 Å². The molecule has 2 heterocycles. The molecule has 7 rings (SSSR count). The fourth-order valence-electron chi connectivity index (χ4n) is 7.25. The average Bonchev–Trinajstić information content (AvgIpc) is 3.36. The Bertz CT molecular complexity index is 2310. The zero-order valence-corrected chi connectivity index (χ0v) is 46.6. The molecule has 2 fully saturated rings. The van der Waals surface area contributed by atoms with Crippen LogP contribution in [0.3, 0.4) is 0 Å². The van der Waals surface area contributed by atoms with Gasteiger partial charge in [0.2, 0.25) is 0 Å². The second-order valence-corrected chi connectivity index (χ2v) is 18.3. The van der Waals surface area contributed by atoms with Crippen molar-refractivity contribution in [3.63, 3.8) is 0 Å². The summed E-state index contributed by atoms with van der Waals surface area (Å²) in [5, 5.41) is 4.71. The maximum atomic E-state index is 11.9. The molecule has 0 atom stereocenters. The summed E-state index contributed by atoms with van der Waals surface area (Å²) in [6.45, 7) is 14.6. The summed E-state index contributed by atoms with van der Waals surface area (Å²) in [5.74, 6) is 4.67. The van der Waals surface area contributed by atoms with E-state index in [0.717, 1.165) is 124 Å². The second kappa shape index (κ2) is 35.5. The summed E-state index contributed by atoms with van der Waals surface area (Å²) in [6.07, 6.45) is 2.07. The van der Waals surface area contributed by atoms with Gasteiger partial charge in [0.05, 0.1) is 33.3 Å². The molecule has 5 aromatic carbocycles. The van der Waals surface area contributed by atoms with Crippen molar-refractivity contribution in [1.82, 2.24) is 20.0 Å². The Morgan fingerprint density at radius 1 is 0.493 bits per heavy atom. The summed E-state index contributed by atoms with van der Waals surface area (Å²) in [4.78, 5) is 7.61. The van der Waals surface area contributed by atoms with Crippen LogP contribution >= 0.6 is 72.8 Å². The molecule has 0 aliphatic carbocycles. The quantitative estimate of drug-likeness (QED) is 0.0589. The van der Waals surface area contributed by atoms with E-state index < -0.39 is 10.1 Å². The molecule has 2 aliphatic heterocycles. The van der Waals surface area contributed by atoms with Gasteiger partial charge >= 0.3 is 0 Å².